The van der Waals surface area contributed by atoms with E-state index in [1.54, 1.807) is 4.90 Å². The van der Waals surface area contributed by atoms with E-state index in [2.05, 4.69) is 5.32 Å². The molecule has 6 nitrogen and oxygen atoms in total. The lowest BCUT2D eigenvalue weighted by atomic mass is 9.87. The second-order valence-electron chi connectivity index (χ2n) is 7.11. The molecule has 1 aromatic carbocycles. The normalized spacial score (nSPS) is 21.4. The molecule has 1 aliphatic carbocycles. The number of ether oxygens (including phenoxy) is 2. The van der Waals surface area contributed by atoms with Crippen molar-refractivity contribution in [2.75, 3.05) is 26.3 Å². The molecule has 0 bridgehead atoms. The molecule has 0 aromatic heterocycles. The third kappa shape index (κ3) is 3.17. The summed E-state index contributed by atoms with van der Waals surface area (Å²) in [6.07, 6.45) is 5.38. The van der Waals surface area contributed by atoms with Crippen molar-refractivity contribution < 1.29 is 19.1 Å². The summed E-state index contributed by atoms with van der Waals surface area (Å²) in [7, 11) is 0. The minimum Gasteiger partial charge on any atom is -0.486 e. The fourth-order valence-corrected chi connectivity index (χ4v) is 4.16. The molecule has 1 saturated carbocycles. The summed E-state index contributed by atoms with van der Waals surface area (Å²) in [5, 5.41) is 3.23. The van der Waals surface area contributed by atoms with Crippen LogP contribution < -0.4 is 14.8 Å². The predicted octanol–water partition coefficient (Wildman–Crippen LogP) is 1.97. The lowest BCUT2D eigenvalue weighted by Gasteiger charge is -2.33. The second-order valence-corrected chi connectivity index (χ2v) is 7.11. The van der Waals surface area contributed by atoms with E-state index >= 15 is 0 Å². The van der Waals surface area contributed by atoms with Gasteiger partial charge >= 0.3 is 0 Å². The minimum atomic E-state index is -0.365. The van der Waals surface area contributed by atoms with Gasteiger partial charge in [-0.05, 0) is 37.0 Å². The van der Waals surface area contributed by atoms with Gasteiger partial charge < -0.3 is 19.7 Å². The maximum absolute atomic E-state index is 12.6. The van der Waals surface area contributed by atoms with Crippen LogP contribution in [0.4, 0.5) is 0 Å². The molecule has 1 N–H and O–H groups in total. The van der Waals surface area contributed by atoms with E-state index in [1.807, 2.05) is 18.2 Å². The Bertz CT molecular complexity index is 682. The number of nitrogens with one attached hydrogen (secondary N) is 1. The van der Waals surface area contributed by atoms with Crippen molar-refractivity contribution >= 4 is 11.8 Å². The monoisotopic (exact) mass is 344 g/mol. The van der Waals surface area contributed by atoms with E-state index < -0.39 is 0 Å². The Morgan fingerprint density at radius 2 is 1.88 bits per heavy atom. The molecule has 1 aromatic rings. The minimum absolute atomic E-state index is 0.0768. The smallest absolute Gasteiger partial charge is 0.240 e. The van der Waals surface area contributed by atoms with Crippen molar-refractivity contribution in [3.05, 3.63) is 23.8 Å². The Hall–Kier alpha value is -2.24. The number of fused-ring (bicyclic) bond motifs is 1. The molecule has 0 unspecified atom stereocenters. The molecule has 2 aliphatic heterocycles. The molecule has 2 amide bonds. The molecule has 134 valence electrons. The number of carbonyl (C=O) groups is 2. The Kier molecular flexibility index (Phi) is 4.27. The highest BCUT2D eigenvalue weighted by Crippen LogP contribution is 2.42. The van der Waals surface area contributed by atoms with Crippen LogP contribution in [0, 0.1) is 0 Å². The fraction of sp³-hybridized carbons (Fsp3) is 0.579. The molecule has 0 spiro atoms. The molecule has 0 atom stereocenters. The number of hydrogen-bond acceptors (Lipinski definition) is 4. The van der Waals surface area contributed by atoms with Gasteiger partial charge in [-0.25, -0.2) is 0 Å². The third-order valence-electron chi connectivity index (χ3n) is 5.44. The molecule has 4 rings (SSSR count). The molecule has 2 heterocycles. The van der Waals surface area contributed by atoms with Gasteiger partial charge in [0.15, 0.2) is 11.5 Å². The molecule has 2 fully saturated rings. The van der Waals surface area contributed by atoms with Crippen molar-refractivity contribution in [2.24, 2.45) is 0 Å². The largest absolute Gasteiger partial charge is 0.486 e. The lowest BCUT2D eigenvalue weighted by molar-refractivity contribution is -0.133. The molecule has 25 heavy (non-hydrogen) atoms. The molecular weight excluding hydrogens is 320 g/mol. The van der Waals surface area contributed by atoms with Crippen LogP contribution in [0.25, 0.3) is 0 Å². The van der Waals surface area contributed by atoms with Crippen LogP contribution in [0.2, 0.25) is 0 Å². The number of nitrogens with zero attached hydrogens (tertiary/aromatic N) is 1. The van der Waals surface area contributed by atoms with E-state index in [0.29, 0.717) is 26.2 Å². The SMILES string of the molecule is O=C(CN1CCCC1=O)NC1(c2ccc3c(c2)OCCO3)CCCC1. The highest BCUT2D eigenvalue weighted by Gasteiger charge is 2.38. The van der Waals surface area contributed by atoms with E-state index in [-0.39, 0.29) is 23.9 Å². The molecule has 1 saturated heterocycles. The van der Waals surface area contributed by atoms with Crippen molar-refractivity contribution in [2.45, 2.75) is 44.1 Å². The zero-order valence-electron chi connectivity index (χ0n) is 14.4. The van der Waals surface area contributed by atoms with Gasteiger partial charge in [0.1, 0.15) is 13.2 Å². The van der Waals surface area contributed by atoms with Gasteiger partial charge in [0, 0.05) is 13.0 Å². The van der Waals surface area contributed by atoms with E-state index in [9.17, 15) is 9.59 Å². The Balaban J connectivity index is 1.53. The van der Waals surface area contributed by atoms with Gasteiger partial charge in [-0.2, -0.15) is 0 Å². The third-order valence-corrected chi connectivity index (χ3v) is 5.44. The van der Waals surface area contributed by atoms with Crippen molar-refractivity contribution in [3.63, 3.8) is 0 Å². The number of benzene rings is 1. The van der Waals surface area contributed by atoms with Gasteiger partial charge in [0.05, 0.1) is 12.1 Å². The first-order chi connectivity index (χ1) is 12.2. The summed E-state index contributed by atoms with van der Waals surface area (Å²) in [5.74, 6) is 1.51. The maximum Gasteiger partial charge on any atom is 0.240 e. The highest BCUT2D eigenvalue weighted by atomic mass is 16.6. The van der Waals surface area contributed by atoms with Crippen molar-refractivity contribution in [1.82, 2.24) is 10.2 Å². The predicted molar refractivity (Wildman–Crippen MR) is 91.5 cm³/mol. The maximum atomic E-state index is 12.6. The summed E-state index contributed by atoms with van der Waals surface area (Å²) < 4.78 is 11.3. The molecule has 3 aliphatic rings. The lowest BCUT2D eigenvalue weighted by Crippen LogP contribution is -2.48. The Morgan fingerprint density at radius 3 is 2.60 bits per heavy atom. The van der Waals surface area contributed by atoms with Crippen LogP contribution in [-0.4, -0.2) is 43.0 Å². The van der Waals surface area contributed by atoms with Crippen LogP contribution in [0.15, 0.2) is 18.2 Å². The van der Waals surface area contributed by atoms with Gasteiger partial charge in [0.2, 0.25) is 11.8 Å². The Morgan fingerprint density at radius 1 is 1.12 bits per heavy atom. The van der Waals surface area contributed by atoms with Crippen molar-refractivity contribution in [3.8, 4) is 11.5 Å². The summed E-state index contributed by atoms with van der Waals surface area (Å²) in [5.41, 5.74) is 0.700. The topological polar surface area (TPSA) is 67.9 Å². The van der Waals surface area contributed by atoms with Gasteiger partial charge in [-0.1, -0.05) is 18.9 Å². The Labute approximate surface area is 147 Å². The number of rotatable bonds is 4. The average molecular weight is 344 g/mol. The highest BCUT2D eigenvalue weighted by molar-refractivity contribution is 5.86. The van der Waals surface area contributed by atoms with Gasteiger partial charge in [0.25, 0.3) is 0 Å². The van der Waals surface area contributed by atoms with Crippen LogP contribution in [0.3, 0.4) is 0 Å². The van der Waals surface area contributed by atoms with Gasteiger partial charge in [-0.3, -0.25) is 9.59 Å². The number of carbonyl (C=O) groups excluding carboxylic acids is 2. The van der Waals surface area contributed by atoms with Gasteiger partial charge in [-0.15, -0.1) is 0 Å². The number of amides is 2. The summed E-state index contributed by atoms with van der Waals surface area (Å²) >= 11 is 0. The first-order valence-electron chi connectivity index (χ1n) is 9.15. The van der Waals surface area contributed by atoms with Crippen LogP contribution in [0.1, 0.15) is 44.1 Å². The standard InChI is InChI=1S/C19H24N2O4/c22-17(13-21-9-3-4-18(21)23)20-19(7-1-2-8-19)14-5-6-15-16(12-14)25-11-10-24-15/h5-6,12H,1-4,7-11,13H2,(H,20,22). The fourth-order valence-electron chi connectivity index (χ4n) is 4.16. The molecular formula is C19H24N2O4. The second kappa shape index (κ2) is 6.58. The van der Waals surface area contributed by atoms with E-state index in [4.69, 9.17) is 9.47 Å². The summed E-state index contributed by atoms with van der Waals surface area (Å²) in [6.45, 7) is 1.96. The quantitative estimate of drug-likeness (QED) is 0.907. The first-order valence-corrected chi connectivity index (χ1v) is 9.15. The average Bonchev–Trinajstić information content (AvgIpc) is 3.25. The van der Waals surface area contributed by atoms with Crippen LogP contribution in [-0.2, 0) is 15.1 Å². The van der Waals surface area contributed by atoms with Crippen LogP contribution in [0.5, 0.6) is 11.5 Å². The van der Waals surface area contributed by atoms with Crippen molar-refractivity contribution in [1.29, 1.82) is 0 Å². The van der Waals surface area contributed by atoms with E-state index in [0.717, 1.165) is 49.2 Å². The summed E-state index contributed by atoms with van der Waals surface area (Å²) in [6, 6.07) is 5.96. The zero-order chi connectivity index (χ0) is 17.3. The molecule has 0 radical (unpaired) electrons. The van der Waals surface area contributed by atoms with E-state index in [1.165, 1.54) is 0 Å². The first kappa shape index (κ1) is 16.2. The molecule has 6 heteroatoms. The number of hydrogen-bond donors (Lipinski definition) is 1. The zero-order valence-corrected chi connectivity index (χ0v) is 14.4. The number of likely N-dealkylation sites (tertiary alicyclic amines) is 1. The summed E-state index contributed by atoms with van der Waals surface area (Å²) in [4.78, 5) is 26.0. The van der Waals surface area contributed by atoms with Crippen LogP contribution >= 0.6 is 0 Å².